The molecule has 1 atom stereocenters. The fourth-order valence-corrected chi connectivity index (χ4v) is 2.88. The van der Waals surface area contributed by atoms with Crippen molar-refractivity contribution in [2.24, 2.45) is 0 Å². The molecule has 0 aromatic heterocycles. The van der Waals surface area contributed by atoms with Crippen molar-refractivity contribution < 1.29 is 0 Å². The number of nitrogens with zero attached hydrogens (tertiary/aromatic N) is 1. The minimum Gasteiger partial charge on any atom is -0.307 e. The average molecular weight is 246 g/mol. The lowest BCUT2D eigenvalue weighted by molar-refractivity contribution is 0.226. The molecule has 100 valence electrons. The van der Waals surface area contributed by atoms with E-state index in [4.69, 9.17) is 0 Å². The fraction of sp³-hybridized carbons (Fsp3) is 0.625. The van der Waals surface area contributed by atoms with Crippen molar-refractivity contribution in [3.05, 3.63) is 34.9 Å². The Bertz CT molecular complexity index is 372. The summed E-state index contributed by atoms with van der Waals surface area (Å²) in [5.41, 5.74) is 4.15. The molecule has 1 heterocycles. The first-order valence-electron chi connectivity index (χ1n) is 7.07. The minimum atomic E-state index is 0.456. The van der Waals surface area contributed by atoms with Gasteiger partial charge in [0, 0.05) is 12.1 Å². The molecular formula is C16H26N2. The maximum Gasteiger partial charge on any atom is 0.0294 e. The van der Waals surface area contributed by atoms with Crippen LogP contribution in [-0.4, -0.2) is 31.1 Å². The van der Waals surface area contributed by atoms with Gasteiger partial charge in [-0.3, -0.25) is 0 Å². The molecule has 1 aliphatic heterocycles. The van der Waals surface area contributed by atoms with E-state index in [1.807, 2.05) is 0 Å². The highest BCUT2D eigenvalue weighted by Crippen LogP contribution is 2.19. The second-order valence-corrected chi connectivity index (χ2v) is 5.89. The van der Waals surface area contributed by atoms with Gasteiger partial charge in [0.25, 0.3) is 0 Å². The van der Waals surface area contributed by atoms with Crippen LogP contribution in [0.5, 0.6) is 0 Å². The van der Waals surface area contributed by atoms with Gasteiger partial charge in [-0.05, 0) is 59.3 Å². The summed E-state index contributed by atoms with van der Waals surface area (Å²) >= 11 is 0. The van der Waals surface area contributed by atoms with Crippen molar-refractivity contribution in [3.8, 4) is 0 Å². The maximum atomic E-state index is 3.78. The first-order chi connectivity index (χ1) is 8.54. The van der Waals surface area contributed by atoms with E-state index >= 15 is 0 Å². The quantitative estimate of drug-likeness (QED) is 0.882. The zero-order valence-electron chi connectivity index (χ0n) is 12.2. The summed E-state index contributed by atoms with van der Waals surface area (Å²) in [5.74, 6) is 0. The molecule has 18 heavy (non-hydrogen) atoms. The van der Waals surface area contributed by atoms with E-state index < -0.39 is 0 Å². The molecule has 2 nitrogen and oxygen atoms in total. The first-order valence-corrected chi connectivity index (χ1v) is 7.07. The number of benzene rings is 1. The number of hydrogen-bond acceptors (Lipinski definition) is 2. The minimum absolute atomic E-state index is 0.456. The standard InChI is InChI=1S/C16H26N2/c1-12-9-13(2)11-15(10-12)14(3)17-16-5-7-18(4)8-6-16/h9-11,14,16-17H,5-8H2,1-4H3. The summed E-state index contributed by atoms with van der Waals surface area (Å²) in [7, 11) is 2.21. The molecule has 1 aliphatic rings. The molecule has 0 radical (unpaired) electrons. The Labute approximate surface area is 111 Å². The Morgan fingerprint density at radius 3 is 2.22 bits per heavy atom. The second-order valence-electron chi connectivity index (χ2n) is 5.89. The molecule has 0 aliphatic carbocycles. The van der Waals surface area contributed by atoms with Crippen molar-refractivity contribution in [2.45, 2.75) is 45.7 Å². The number of piperidine rings is 1. The summed E-state index contributed by atoms with van der Waals surface area (Å²) in [4.78, 5) is 2.42. The van der Waals surface area contributed by atoms with Crippen molar-refractivity contribution in [3.63, 3.8) is 0 Å². The van der Waals surface area contributed by atoms with Gasteiger partial charge < -0.3 is 10.2 Å². The van der Waals surface area contributed by atoms with E-state index in [0.29, 0.717) is 12.1 Å². The van der Waals surface area contributed by atoms with Crippen LogP contribution in [0.25, 0.3) is 0 Å². The normalized spacial score (nSPS) is 20.0. The predicted octanol–water partition coefficient (Wildman–Crippen LogP) is 3.05. The molecule has 2 rings (SSSR count). The zero-order chi connectivity index (χ0) is 13.1. The molecule has 0 amide bonds. The maximum absolute atomic E-state index is 3.78. The highest BCUT2D eigenvalue weighted by atomic mass is 15.1. The fourth-order valence-electron chi connectivity index (χ4n) is 2.88. The summed E-state index contributed by atoms with van der Waals surface area (Å²) < 4.78 is 0. The third-order valence-corrected chi connectivity index (χ3v) is 3.95. The molecule has 1 unspecified atom stereocenters. The van der Waals surface area contributed by atoms with Gasteiger partial charge in [0.15, 0.2) is 0 Å². The molecular weight excluding hydrogens is 220 g/mol. The van der Waals surface area contributed by atoms with E-state index in [1.54, 1.807) is 0 Å². The summed E-state index contributed by atoms with van der Waals surface area (Å²) in [6, 6.07) is 7.99. The lowest BCUT2D eigenvalue weighted by atomic mass is 9.99. The SMILES string of the molecule is Cc1cc(C)cc(C(C)NC2CCN(C)CC2)c1. The van der Waals surface area contributed by atoms with Crippen LogP contribution in [0.15, 0.2) is 18.2 Å². The Hall–Kier alpha value is -0.860. The summed E-state index contributed by atoms with van der Waals surface area (Å²) in [6.45, 7) is 9.08. The van der Waals surface area contributed by atoms with E-state index in [-0.39, 0.29) is 0 Å². The molecule has 0 spiro atoms. The molecule has 1 saturated heterocycles. The number of likely N-dealkylation sites (tertiary alicyclic amines) is 1. The van der Waals surface area contributed by atoms with Crippen molar-refractivity contribution in [1.29, 1.82) is 0 Å². The van der Waals surface area contributed by atoms with Gasteiger partial charge in [-0.15, -0.1) is 0 Å². The molecule has 1 aromatic carbocycles. The van der Waals surface area contributed by atoms with E-state index in [0.717, 1.165) is 0 Å². The molecule has 2 heteroatoms. The van der Waals surface area contributed by atoms with Gasteiger partial charge in [-0.1, -0.05) is 29.3 Å². The Morgan fingerprint density at radius 2 is 1.67 bits per heavy atom. The van der Waals surface area contributed by atoms with Crippen LogP contribution in [-0.2, 0) is 0 Å². The van der Waals surface area contributed by atoms with Crippen LogP contribution >= 0.6 is 0 Å². The number of rotatable bonds is 3. The number of nitrogens with one attached hydrogen (secondary N) is 1. The Morgan fingerprint density at radius 1 is 1.11 bits per heavy atom. The predicted molar refractivity (Wildman–Crippen MR) is 78.0 cm³/mol. The molecule has 0 saturated carbocycles. The zero-order valence-corrected chi connectivity index (χ0v) is 12.2. The monoisotopic (exact) mass is 246 g/mol. The number of hydrogen-bond donors (Lipinski definition) is 1. The van der Waals surface area contributed by atoms with Crippen LogP contribution in [0.2, 0.25) is 0 Å². The van der Waals surface area contributed by atoms with Gasteiger partial charge in [0.1, 0.15) is 0 Å². The largest absolute Gasteiger partial charge is 0.307 e. The van der Waals surface area contributed by atoms with Crippen LogP contribution in [0.3, 0.4) is 0 Å². The molecule has 1 fully saturated rings. The highest BCUT2D eigenvalue weighted by Gasteiger charge is 2.18. The van der Waals surface area contributed by atoms with Gasteiger partial charge in [0.2, 0.25) is 0 Å². The van der Waals surface area contributed by atoms with E-state index in [2.05, 4.69) is 56.2 Å². The summed E-state index contributed by atoms with van der Waals surface area (Å²) in [6.07, 6.45) is 2.54. The van der Waals surface area contributed by atoms with Crippen molar-refractivity contribution in [1.82, 2.24) is 10.2 Å². The van der Waals surface area contributed by atoms with Crippen LogP contribution in [0.1, 0.15) is 42.5 Å². The summed E-state index contributed by atoms with van der Waals surface area (Å²) in [5, 5.41) is 3.78. The third-order valence-electron chi connectivity index (χ3n) is 3.95. The van der Waals surface area contributed by atoms with Crippen LogP contribution in [0.4, 0.5) is 0 Å². The smallest absolute Gasteiger partial charge is 0.0294 e. The van der Waals surface area contributed by atoms with Gasteiger partial charge in [-0.25, -0.2) is 0 Å². The van der Waals surface area contributed by atoms with Gasteiger partial charge >= 0.3 is 0 Å². The Balaban J connectivity index is 1.96. The lowest BCUT2D eigenvalue weighted by Crippen LogP contribution is -2.41. The van der Waals surface area contributed by atoms with Crippen molar-refractivity contribution >= 4 is 0 Å². The average Bonchev–Trinajstić information content (AvgIpc) is 2.31. The lowest BCUT2D eigenvalue weighted by Gasteiger charge is -2.32. The van der Waals surface area contributed by atoms with E-state index in [1.165, 1.54) is 42.6 Å². The molecule has 1 aromatic rings. The topological polar surface area (TPSA) is 15.3 Å². The van der Waals surface area contributed by atoms with Gasteiger partial charge in [-0.2, -0.15) is 0 Å². The highest BCUT2D eigenvalue weighted by molar-refractivity contribution is 5.30. The molecule has 0 bridgehead atoms. The van der Waals surface area contributed by atoms with Crippen LogP contribution < -0.4 is 5.32 Å². The first kappa shape index (κ1) is 13.6. The van der Waals surface area contributed by atoms with Crippen LogP contribution in [0, 0.1) is 13.8 Å². The number of aryl methyl sites for hydroxylation is 2. The Kier molecular flexibility index (Phi) is 4.41. The second kappa shape index (κ2) is 5.85. The molecule has 1 N–H and O–H groups in total. The van der Waals surface area contributed by atoms with Crippen molar-refractivity contribution in [2.75, 3.05) is 20.1 Å². The van der Waals surface area contributed by atoms with E-state index in [9.17, 15) is 0 Å². The van der Waals surface area contributed by atoms with Gasteiger partial charge in [0.05, 0.1) is 0 Å². The third kappa shape index (κ3) is 3.56.